The number of fused-ring (bicyclic) bond motifs is 1. The van der Waals surface area contributed by atoms with Gasteiger partial charge in [0.15, 0.2) is 0 Å². The largest absolute Gasteiger partial charge is 0.248 e. The quantitative estimate of drug-likeness (QED) is 0.499. The zero-order chi connectivity index (χ0) is 17.4. The van der Waals surface area contributed by atoms with Crippen LogP contribution < -0.4 is 0 Å². The second-order valence-corrected chi connectivity index (χ2v) is 7.83. The van der Waals surface area contributed by atoms with Gasteiger partial charge in [0, 0.05) is 10.9 Å². The maximum atomic E-state index is 5.02. The Balaban J connectivity index is 1.92. The first kappa shape index (κ1) is 16.3. The first-order valence-corrected chi connectivity index (χ1v) is 9.60. The molecule has 1 saturated carbocycles. The molecule has 1 nitrogen and oxygen atoms in total. The van der Waals surface area contributed by atoms with Gasteiger partial charge in [0.05, 0.1) is 11.2 Å². The third-order valence-electron chi connectivity index (χ3n) is 5.56. The van der Waals surface area contributed by atoms with Gasteiger partial charge in [0.2, 0.25) is 0 Å². The van der Waals surface area contributed by atoms with Crippen LogP contribution in [0.25, 0.3) is 22.2 Å². The van der Waals surface area contributed by atoms with E-state index in [9.17, 15) is 0 Å². The van der Waals surface area contributed by atoms with Crippen LogP contribution in [-0.4, -0.2) is 4.98 Å². The van der Waals surface area contributed by atoms with Crippen LogP contribution in [0.5, 0.6) is 0 Å². The van der Waals surface area contributed by atoms with Gasteiger partial charge in [-0.3, -0.25) is 0 Å². The van der Waals surface area contributed by atoms with Crippen molar-refractivity contribution in [1.82, 2.24) is 4.98 Å². The molecule has 1 aliphatic carbocycles. The molecule has 1 heteroatoms. The van der Waals surface area contributed by atoms with Crippen LogP contribution in [0.3, 0.4) is 0 Å². The molecule has 128 valence electrons. The van der Waals surface area contributed by atoms with Crippen LogP contribution in [0.1, 0.15) is 60.3 Å². The van der Waals surface area contributed by atoms with E-state index in [0.717, 1.165) is 11.2 Å². The number of rotatable bonds is 2. The van der Waals surface area contributed by atoms with Gasteiger partial charge in [-0.25, -0.2) is 4.98 Å². The lowest BCUT2D eigenvalue weighted by Gasteiger charge is -2.24. The summed E-state index contributed by atoms with van der Waals surface area (Å²) in [6.07, 6.45) is 6.75. The molecule has 2 aromatic carbocycles. The van der Waals surface area contributed by atoms with E-state index in [2.05, 4.69) is 63.2 Å². The molecule has 4 rings (SSSR count). The zero-order valence-corrected chi connectivity index (χ0v) is 15.6. The smallest absolute Gasteiger partial charge is 0.0712 e. The van der Waals surface area contributed by atoms with E-state index in [1.165, 1.54) is 65.3 Å². The average molecular weight is 329 g/mol. The summed E-state index contributed by atoms with van der Waals surface area (Å²) < 4.78 is 0. The number of aryl methyl sites for hydroxylation is 3. The summed E-state index contributed by atoms with van der Waals surface area (Å²) in [4.78, 5) is 5.02. The minimum atomic E-state index is 0.686. The van der Waals surface area contributed by atoms with Gasteiger partial charge in [-0.05, 0) is 75.4 Å². The SMILES string of the molecule is Cc1cc(C)cc(-c2cc(C3CCCCC3)c3cc(C)ccc3n2)c1. The summed E-state index contributed by atoms with van der Waals surface area (Å²) in [5.41, 5.74) is 8.97. The lowest BCUT2D eigenvalue weighted by Crippen LogP contribution is -2.06. The van der Waals surface area contributed by atoms with E-state index in [4.69, 9.17) is 4.98 Å². The second-order valence-electron chi connectivity index (χ2n) is 7.83. The van der Waals surface area contributed by atoms with Gasteiger partial charge in [-0.15, -0.1) is 0 Å². The monoisotopic (exact) mass is 329 g/mol. The number of benzene rings is 2. The van der Waals surface area contributed by atoms with Crippen LogP contribution >= 0.6 is 0 Å². The van der Waals surface area contributed by atoms with E-state index >= 15 is 0 Å². The molecular formula is C24H27N. The molecule has 3 aromatic rings. The van der Waals surface area contributed by atoms with Crippen LogP contribution in [0.4, 0.5) is 0 Å². The Morgan fingerprint density at radius 3 is 2.20 bits per heavy atom. The topological polar surface area (TPSA) is 12.9 Å². The first-order chi connectivity index (χ1) is 12.1. The standard InChI is InChI=1S/C24H27N/c1-16-9-10-23-22(14-16)21(19-7-5-4-6-8-19)15-24(25-23)20-12-17(2)11-18(3)13-20/h9-15,19H,4-8H2,1-3H3. The summed E-state index contributed by atoms with van der Waals surface area (Å²) >= 11 is 0. The van der Waals surface area contributed by atoms with Crippen molar-refractivity contribution in [1.29, 1.82) is 0 Å². The predicted molar refractivity (Wildman–Crippen MR) is 107 cm³/mol. The van der Waals surface area contributed by atoms with Crippen LogP contribution in [0, 0.1) is 20.8 Å². The van der Waals surface area contributed by atoms with Crippen molar-refractivity contribution in [2.45, 2.75) is 58.8 Å². The van der Waals surface area contributed by atoms with E-state index in [1.807, 2.05) is 0 Å². The zero-order valence-electron chi connectivity index (χ0n) is 15.6. The highest BCUT2D eigenvalue weighted by Gasteiger charge is 2.19. The molecule has 0 unspecified atom stereocenters. The molecule has 25 heavy (non-hydrogen) atoms. The Morgan fingerprint density at radius 2 is 1.48 bits per heavy atom. The summed E-state index contributed by atoms with van der Waals surface area (Å²) in [5, 5.41) is 1.36. The minimum Gasteiger partial charge on any atom is -0.248 e. The maximum absolute atomic E-state index is 5.02. The minimum absolute atomic E-state index is 0.686. The molecular weight excluding hydrogens is 302 g/mol. The van der Waals surface area contributed by atoms with Crippen molar-refractivity contribution >= 4 is 10.9 Å². The van der Waals surface area contributed by atoms with E-state index in [-0.39, 0.29) is 0 Å². The van der Waals surface area contributed by atoms with Gasteiger partial charge in [0.1, 0.15) is 0 Å². The number of pyridine rings is 1. The molecule has 0 amide bonds. The van der Waals surface area contributed by atoms with E-state index < -0.39 is 0 Å². The van der Waals surface area contributed by atoms with Gasteiger partial charge < -0.3 is 0 Å². The normalized spacial score (nSPS) is 15.6. The molecule has 1 aromatic heterocycles. The molecule has 0 atom stereocenters. The van der Waals surface area contributed by atoms with Gasteiger partial charge in [-0.2, -0.15) is 0 Å². The second kappa shape index (κ2) is 6.63. The molecule has 0 aliphatic heterocycles. The number of nitrogens with zero attached hydrogens (tertiary/aromatic N) is 1. The molecule has 0 bridgehead atoms. The fraction of sp³-hybridized carbons (Fsp3) is 0.375. The molecule has 1 heterocycles. The lowest BCUT2D eigenvalue weighted by molar-refractivity contribution is 0.445. The van der Waals surface area contributed by atoms with E-state index in [1.54, 1.807) is 0 Å². The van der Waals surface area contributed by atoms with Crippen LogP contribution in [0.15, 0.2) is 42.5 Å². The maximum Gasteiger partial charge on any atom is 0.0712 e. The predicted octanol–water partition coefficient (Wildman–Crippen LogP) is 6.87. The highest BCUT2D eigenvalue weighted by molar-refractivity contribution is 5.86. The summed E-state index contributed by atoms with van der Waals surface area (Å²) in [6.45, 7) is 6.52. The van der Waals surface area contributed by atoms with Crippen molar-refractivity contribution in [2.75, 3.05) is 0 Å². The van der Waals surface area contributed by atoms with Crippen molar-refractivity contribution in [3.05, 3.63) is 64.7 Å². The summed E-state index contributed by atoms with van der Waals surface area (Å²) in [6, 6.07) is 15.9. The van der Waals surface area contributed by atoms with Gasteiger partial charge >= 0.3 is 0 Å². The Bertz CT molecular complexity index is 897. The Hall–Kier alpha value is -2.15. The Kier molecular flexibility index (Phi) is 4.33. The molecule has 0 spiro atoms. The summed E-state index contributed by atoms with van der Waals surface area (Å²) in [7, 11) is 0. The number of hydrogen-bond donors (Lipinski definition) is 0. The van der Waals surface area contributed by atoms with Crippen molar-refractivity contribution in [2.24, 2.45) is 0 Å². The van der Waals surface area contributed by atoms with E-state index in [0.29, 0.717) is 5.92 Å². The third kappa shape index (κ3) is 3.33. The lowest BCUT2D eigenvalue weighted by atomic mass is 9.82. The average Bonchev–Trinajstić information content (AvgIpc) is 2.61. The Morgan fingerprint density at radius 1 is 0.760 bits per heavy atom. The van der Waals surface area contributed by atoms with Gasteiger partial charge in [-0.1, -0.05) is 48.1 Å². The third-order valence-corrected chi connectivity index (χ3v) is 5.56. The highest BCUT2D eigenvalue weighted by atomic mass is 14.7. The fourth-order valence-corrected chi connectivity index (χ4v) is 4.39. The molecule has 0 radical (unpaired) electrons. The molecule has 0 saturated heterocycles. The summed E-state index contributed by atoms with van der Waals surface area (Å²) in [5.74, 6) is 0.686. The van der Waals surface area contributed by atoms with Crippen molar-refractivity contribution in [3.8, 4) is 11.3 Å². The molecule has 0 N–H and O–H groups in total. The Labute approximate surface area is 151 Å². The van der Waals surface area contributed by atoms with Crippen molar-refractivity contribution in [3.63, 3.8) is 0 Å². The van der Waals surface area contributed by atoms with Crippen LogP contribution in [-0.2, 0) is 0 Å². The fourth-order valence-electron chi connectivity index (χ4n) is 4.39. The molecule has 1 aliphatic rings. The first-order valence-electron chi connectivity index (χ1n) is 9.60. The number of aromatic nitrogens is 1. The van der Waals surface area contributed by atoms with Crippen molar-refractivity contribution < 1.29 is 0 Å². The van der Waals surface area contributed by atoms with Crippen LogP contribution in [0.2, 0.25) is 0 Å². The van der Waals surface area contributed by atoms with Gasteiger partial charge in [0.25, 0.3) is 0 Å². The molecule has 1 fully saturated rings. The highest BCUT2D eigenvalue weighted by Crippen LogP contribution is 2.38. The number of hydrogen-bond acceptors (Lipinski definition) is 1.